The smallest absolute Gasteiger partial charge is 0.209 e. The highest BCUT2D eigenvalue weighted by atomic mass is 32.1. The maximum absolute atomic E-state index is 8.92. The van der Waals surface area contributed by atoms with E-state index in [4.69, 9.17) is 14.6 Å². The zero-order chi connectivity index (χ0) is 12.8. The monoisotopic (exact) mass is 268 g/mol. The second-order valence-electron chi connectivity index (χ2n) is 3.82. The third-order valence-corrected chi connectivity index (χ3v) is 3.39. The van der Waals surface area contributed by atoms with Crippen LogP contribution in [0.25, 0.3) is 10.6 Å². The van der Waals surface area contributed by atoms with Crippen molar-refractivity contribution in [3.63, 3.8) is 0 Å². The van der Waals surface area contributed by atoms with Gasteiger partial charge in [-0.3, -0.25) is 4.90 Å². The number of nitrogens with zero attached hydrogens (tertiary/aromatic N) is 2. The van der Waals surface area contributed by atoms with Crippen LogP contribution in [0.5, 0.6) is 0 Å². The van der Waals surface area contributed by atoms with E-state index in [-0.39, 0.29) is 13.2 Å². The summed E-state index contributed by atoms with van der Waals surface area (Å²) in [7, 11) is 0. The van der Waals surface area contributed by atoms with Crippen molar-refractivity contribution in [3.05, 3.63) is 29.6 Å². The highest BCUT2D eigenvalue weighted by molar-refractivity contribution is 7.13. The minimum absolute atomic E-state index is 0.0541. The molecule has 2 rings (SSSR count). The lowest BCUT2D eigenvalue weighted by molar-refractivity contribution is 0.147. The van der Waals surface area contributed by atoms with Crippen LogP contribution in [0.15, 0.2) is 28.1 Å². The van der Waals surface area contributed by atoms with E-state index >= 15 is 0 Å². The molecule has 0 unspecified atom stereocenters. The third kappa shape index (κ3) is 3.39. The van der Waals surface area contributed by atoms with E-state index in [1.165, 1.54) is 0 Å². The van der Waals surface area contributed by atoms with Crippen molar-refractivity contribution in [1.82, 2.24) is 9.88 Å². The van der Waals surface area contributed by atoms with E-state index in [0.717, 1.165) is 10.6 Å². The third-order valence-electron chi connectivity index (χ3n) is 2.51. The Bertz CT molecular complexity index is 450. The number of rotatable bonds is 7. The molecule has 0 spiro atoms. The van der Waals surface area contributed by atoms with Gasteiger partial charge in [0.2, 0.25) is 5.89 Å². The fraction of sp³-hybridized carbons (Fsp3) is 0.417. The summed E-state index contributed by atoms with van der Waals surface area (Å²) in [6.07, 6.45) is 1.71. The van der Waals surface area contributed by atoms with Gasteiger partial charge in [-0.1, -0.05) is 6.07 Å². The van der Waals surface area contributed by atoms with Crippen molar-refractivity contribution in [2.45, 2.75) is 6.54 Å². The fourth-order valence-corrected chi connectivity index (χ4v) is 2.33. The van der Waals surface area contributed by atoms with Crippen molar-refractivity contribution < 1.29 is 14.6 Å². The molecular formula is C12H16N2O3S. The second-order valence-corrected chi connectivity index (χ2v) is 4.77. The summed E-state index contributed by atoms with van der Waals surface area (Å²) >= 11 is 1.60. The molecule has 0 saturated carbocycles. The molecule has 0 amide bonds. The zero-order valence-corrected chi connectivity index (χ0v) is 10.8. The molecule has 0 aromatic carbocycles. The largest absolute Gasteiger partial charge is 0.438 e. The summed E-state index contributed by atoms with van der Waals surface area (Å²) in [5.74, 6) is 1.35. The summed E-state index contributed by atoms with van der Waals surface area (Å²) in [4.78, 5) is 7.15. The van der Waals surface area contributed by atoms with Gasteiger partial charge in [-0.15, -0.1) is 11.3 Å². The minimum Gasteiger partial charge on any atom is -0.438 e. The predicted octanol–water partition coefficient (Wildman–Crippen LogP) is 1.19. The zero-order valence-electron chi connectivity index (χ0n) is 9.95. The Morgan fingerprint density at radius 1 is 1.28 bits per heavy atom. The molecule has 0 aliphatic heterocycles. The van der Waals surface area contributed by atoms with Crippen molar-refractivity contribution in [2.24, 2.45) is 0 Å². The van der Waals surface area contributed by atoms with Crippen LogP contribution in [0, 0.1) is 0 Å². The normalized spacial score (nSPS) is 11.3. The quantitative estimate of drug-likeness (QED) is 0.789. The molecule has 98 valence electrons. The Kier molecular flexibility index (Phi) is 4.89. The molecule has 18 heavy (non-hydrogen) atoms. The Balaban J connectivity index is 2.01. The molecule has 2 aromatic rings. The van der Waals surface area contributed by atoms with Gasteiger partial charge in [0.1, 0.15) is 0 Å². The molecule has 0 radical (unpaired) electrons. The average molecular weight is 268 g/mol. The second kappa shape index (κ2) is 6.65. The molecule has 2 aromatic heterocycles. The lowest BCUT2D eigenvalue weighted by Gasteiger charge is -2.17. The van der Waals surface area contributed by atoms with Crippen LogP contribution in [-0.4, -0.2) is 46.4 Å². The lowest BCUT2D eigenvalue weighted by atomic mass is 10.4. The number of aromatic nitrogens is 1. The van der Waals surface area contributed by atoms with Gasteiger partial charge in [0.15, 0.2) is 5.76 Å². The molecule has 6 heteroatoms. The molecular weight excluding hydrogens is 252 g/mol. The van der Waals surface area contributed by atoms with Gasteiger partial charge < -0.3 is 14.6 Å². The van der Waals surface area contributed by atoms with Crippen molar-refractivity contribution in [1.29, 1.82) is 0 Å². The van der Waals surface area contributed by atoms with Crippen LogP contribution in [0.2, 0.25) is 0 Å². The lowest BCUT2D eigenvalue weighted by Crippen LogP contribution is -2.29. The summed E-state index contributed by atoms with van der Waals surface area (Å²) in [5.41, 5.74) is 0. The van der Waals surface area contributed by atoms with Gasteiger partial charge in [-0.05, 0) is 11.4 Å². The van der Waals surface area contributed by atoms with E-state index < -0.39 is 0 Å². The number of aliphatic hydroxyl groups is 2. The van der Waals surface area contributed by atoms with Crippen molar-refractivity contribution in [3.8, 4) is 10.6 Å². The van der Waals surface area contributed by atoms with Gasteiger partial charge in [0, 0.05) is 13.1 Å². The first-order chi connectivity index (χ1) is 8.83. The van der Waals surface area contributed by atoms with Gasteiger partial charge in [-0.2, -0.15) is 0 Å². The minimum atomic E-state index is 0.0541. The number of aliphatic hydroxyl groups excluding tert-OH is 2. The number of hydrogen-bond donors (Lipinski definition) is 2. The van der Waals surface area contributed by atoms with E-state index in [9.17, 15) is 0 Å². The van der Waals surface area contributed by atoms with Crippen molar-refractivity contribution in [2.75, 3.05) is 26.3 Å². The average Bonchev–Trinajstić information content (AvgIpc) is 2.98. The van der Waals surface area contributed by atoms with Crippen LogP contribution in [0.4, 0.5) is 0 Å². The van der Waals surface area contributed by atoms with Gasteiger partial charge in [0.25, 0.3) is 0 Å². The number of hydrogen-bond acceptors (Lipinski definition) is 6. The van der Waals surface area contributed by atoms with E-state index in [2.05, 4.69) is 4.98 Å². The number of oxazole rings is 1. The Morgan fingerprint density at radius 3 is 2.67 bits per heavy atom. The SMILES string of the molecule is OCCN(CCO)Cc1ncc(-c2cccs2)o1. The molecule has 0 saturated heterocycles. The molecule has 0 bridgehead atoms. The van der Waals surface area contributed by atoms with Crippen LogP contribution in [0.1, 0.15) is 5.89 Å². The first-order valence-electron chi connectivity index (χ1n) is 5.76. The first kappa shape index (κ1) is 13.2. The number of thiophene rings is 1. The van der Waals surface area contributed by atoms with Crippen LogP contribution in [0.3, 0.4) is 0 Å². The highest BCUT2D eigenvalue weighted by Crippen LogP contribution is 2.25. The molecule has 0 fully saturated rings. The first-order valence-corrected chi connectivity index (χ1v) is 6.64. The molecule has 2 heterocycles. The van der Waals surface area contributed by atoms with Crippen LogP contribution >= 0.6 is 11.3 Å². The molecule has 0 aliphatic carbocycles. The van der Waals surface area contributed by atoms with Gasteiger partial charge in [0.05, 0.1) is 30.8 Å². The molecule has 2 N–H and O–H groups in total. The standard InChI is InChI=1S/C12H16N2O3S/c15-5-3-14(4-6-16)9-12-13-8-10(17-12)11-2-1-7-18-11/h1-2,7-8,15-16H,3-6,9H2. The fourth-order valence-electron chi connectivity index (χ4n) is 1.66. The van der Waals surface area contributed by atoms with E-state index in [1.54, 1.807) is 17.5 Å². The summed E-state index contributed by atoms with van der Waals surface area (Å²) in [6, 6.07) is 3.94. The molecule has 0 aliphatic rings. The van der Waals surface area contributed by atoms with E-state index in [1.807, 2.05) is 22.4 Å². The van der Waals surface area contributed by atoms with Gasteiger partial charge in [-0.25, -0.2) is 4.98 Å². The maximum atomic E-state index is 8.92. The van der Waals surface area contributed by atoms with Crippen LogP contribution in [-0.2, 0) is 6.54 Å². The molecule has 5 nitrogen and oxygen atoms in total. The highest BCUT2D eigenvalue weighted by Gasteiger charge is 2.11. The van der Waals surface area contributed by atoms with Crippen LogP contribution < -0.4 is 0 Å². The Hall–Kier alpha value is -1.21. The summed E-state index contributed by atoms with van der Waals surface area (Å²) in [5, 5.41) is 19.8. The Labute approximate surface area is 109 Å². The van der Waals surface area contributed by atoms with Gasteiger partial charge >= 0.3 is 0 Å². The topological polar surface area (TPSA) is 69.7 Å². The maximum Gasteiger partial charge on any atom is 0.209 e. The molecule has 0 atom stereocenters. The Morgan fingerprint density at radius 2 is 2.06 bits per heavy atom. The summed E-state index contributed by atoms with van der Waals surface area (Å²) < 4.78 is 5.65. The van der Waals surface area contributed by atoms with E-state index in [0.29, 0.717) is 25.5 Å². The predicted molar refractivity (Wildman–Crippen MR) is 69.3 cm³/mol. The summed E-state index contributed by atoms with van der Waals surface area (Å²) in [6.45, 7) is 1.60. The van der Waals surface area contributed by atoms with Crippen molar-refractivity contribution >= 4 is 11.3 Å².